The van der Waals surface area contributed by atoms with Gasteiger partial charge in [0.25, 0.3) is 5.91 Å². The van der Waals surface area contributed by atoms with Gasteiger partial charge in [0.1, 0.15) is 5.75 Å². The Hall–Kier alpha value is -2.09. The second-order valence-corrected chi connectivity index (χ2v) is 8.14. The summed E-state index contributed by atoms with van der Waals surface area (Å²) in [4.78, 5) is 12.6. The molecule has 0 saturated heterocycles. The number of sulfonamides is 1. The molecule has 146 valence electrons. The lowest BCUT2D eigenvalue weighted by molar-refractivity contribution is 0.102. The fourth-order valence-electron chi connectivity index (χ4n) is 2.30. The van der Waals surface area contributed by atoms with Crippen LogP contribution in [0.1, 0.15) is 37.6 Å². The Balaban J connectivity index is 2.36. The molecule has 27 heavy (non-hydrogen) atoms. The summed E-state index contributed by atoms with van der Waals surface area (Å²) in [7, 11) is -3.71. The molecule has 0 aliphatic heterocycles. The van der Waals surface area contributed by atoms with E-state index < -0.39 is 15.9 Å². The summed E-state index contributed by atoms with van der Waals surface area (Å²) in [6.07, 6.45) is 0.661. The van der Waals surface area contributed by atoms with E-state index in [0.717, 1.165) is 0 Å². The highest BCUT2D eigenvalue weighted by molar-refractivity contribution is 7.89. The van der Waals surface area contributed by atoms with Gasteiger partial charge in [-0.25, -0.2) is 13.1 Å². The third kappa shape index (κ3) is 5.69. The average molecular weight is 411 g/mol. The Morgan fingerprint density at radius 2 is 1.93 bits per heavy atom. The molecule has 1 amide bonds. The standard InChI is InChI=1S/C19H23ClN2O4S/c1-4-13(3)22-27(24,25)16-9-10-18(26-5-2)17(12-16)21-19(23)14-7-6-8-15(20)11-14/h6-13,22H,4-5H2,1-3H3,(H,21,23)/t13-/m1/s1. The lowest BCUT2D eigenvalue weighted by Gasteiger charge is -2.16. The monoisotopic (exact) mass is 410 g/mol. The van der Waals surface area contributed by atoms with Crippen molar-refractivity contribution in [3.63, 3.8) is 0 Å². The van der Waals surface area contributed by atoms with Crippen LogP contribution < -0.4 is 14.8 Å². The average Bonchev–Trinajstić information content (AvgIpc) is 2.62. The summed E-state index contributed by atoms with van der Waals surface area (Å²) >= 11 is 5.93. The lowest BCUT2D eigenvalue weighted by atomic mass is 10.2. The smallest absolute Gasteiger partial charge is 0.255 e. The van der Waals surface area contributed by atoms with Crippen LogP contribution in [0.15, 0.2) is 47.4 Å². The van der Waals surface area contributed by atoms with Crippen LogP contribution in [0.5, 0.6) is 5.75 Å². The SMILES string of the molecule is CCOc1ccc(S(=O)(=O)N[C@H](C)CC)cc1NC(=O)c1cccc(Cl)c1. The number of carbonyl (C=O) groups is 1. The topological polar surface area (TPSA) is 84.5 Å². The molecule has 0 radical (unpaired) electrons. The molecular weight excluding hydrogens is 388 g/mol. The van der Waals surface area contributed by atoms with Crippen LogP contribution in [-0.2, 0) is 10.0 Å². The second-order valence-electron chi connectivity index (χ2n) is 5.99. The van der Waals surface area contributed by atoms with E-state index in [1.807, 2.05) is 6.92 Å². The van der Waals surface area contributed by atoms with E-state index in [2.05, 4.69) is 10.0 Å². The first kappa shape index (κ1) is 21.2. The molecule has 0 unspecified atom stereocenters. The first-order valence-electron chi connectivity index (χ1n) is 8.63. The van der Waals surface area contributed by atoms with Crippen molar-refractivity contribution in [3.05, 3.63) is 53.1 Å². The molecule has 6 nitrogen and oxygen atoms in total. The Morgan fingerprint density at radius 1 is 1.19 bits per heavy atom. The van der Waals surface area contributed by atoms with E-state index in [9.17, 15) is 13.2 Å². The predicted molar refractivity (Wildman–Crippen MR) is 107 cm³/mol. The lowest BCUT2D eigenvalue weighted by Crippen LogP contribution is -2.32. The minimum Gasteiger partial charge on any atom is -0.492 e. The summed E-state index contributed by atoms with van der Waals surface area (Å²) < 4.78 is 33.2. The van der Waals surface area contributed by atoms with E-state index in [1.54, 1.807) is 32.0 Å². The van der Waals surface area contributed by atoms with Crippen LogP contribution in [0, 0.1) is 0 Å². The van der Waals surface area contributed by atoms with Gasteiger partial charge in [0.2, 0.25) is 10.0 Å². The number of rotatable bonds is 8. The van der Waals surface area contributed by atoms with E-state index in [-0.39, 0.29) is 16.6 Å². The highest BCUT2D eigenvalue weighted by Gasteiger charge is 2.20. The number of benzene rings is 2. The maximum Gasteiger partial charge on any atom is 0.255 e. The van der Waals surface area contributed by atoms with E-state index in [1.165, 1.54) is 24.3 Å². The molecule has 0 aliphatic carbocycles. The molecule has 8 heteroatoms. The van der Waals surface area contributed by atoms with Gasteiger partial charge in [0.05, 0.1) is 17.2 Å². The van der Waals surface area contributed by atoms with Gasteiger partial charge in [-0.15, -0.1) is 0 Å². The second kappa shape index (κ2) is 9.21. The van der Waals surface area contributed by atoms with Crippen molar-refractivity contribution in [1.82, 2.24) is 4.72 Å². The summed E-state index contributed by atoms with van der Waals surface area (Å²) in [6, 6.07) is 10.6. The van der Waals surface area contributed by atoms with Crippen LogP contribution in [0.4, 0.5) is 5.69 Å². The molecule has 2 aromatic carbocycles. The fraction of sp³-hybridized carbons (Fsp3) is 0.316. The zero-order chi connectivity index (χ0) is 20.0. The molecule has 0 bridgehead atoms. The first-order chi connectivity index (χ1) is 12.8. The summed E-state index contributed by atoms with van der Waals surface area (Å²) in [5, 5.41) is 3.14. The van der Waals surface area contributed by atoms with Crippen molar-refractivity contribution in [1.29, 1.82) is 0 Å². The molecule has 1 atom stereocenters. The summed E-state index contributed by atoms with van der Waals surface area (Å²) in [5.41, 5.74) is 0.629. The number of ether oxygens (including phenoxy) is 1. The van der Waals surface area contributed by atoms with Crippen molar-refractivity contribution in [2.45, 2.75) is 38.1 Å². The van der Waals surface area contributed by atoms with Gasteiger partial charge in [-0.3, -0.25) is 4.79 Å². The molecule has 2 aromatic rings. The third-order valence-electron chi connectivity index (χ3n) is 3.86. The van der Waals surface area contributed by atoms with Crippen molar-refractivity contribution in [2.75, 3.05) is 11.9 Å². The summed E-state index contributed by atoms with van der Waals surface area (Å²) in [5.74, 6) is -0.0294. The third-order valence-corrected chi connectivity index (χ3v) is 5.69. The number of halogens is 1. The molecule has 0 fully saturated rings. The van der Waals surface area contributed by atoms with E-state index >= 15 is 0 Å². The van der Waals surface area contributed by atoms with Gasteiger partial charge in [0, 0.05) is 16.6 Å². The maximum atomic E-state index is 12.5. The molecular formula is C19H23ClN2O4S. The molecule has 0 aromatic heterocycles. The number of hydrogen-bond donors (Lipinski definition) is 2. The molecule has 0 heterocycles. The van der Waals surface area contributed by atoms with Crippen molar-refractivity contribution < 1.29 is 17.9 Å². The first-order valence-corrected chi connectivity index (χ1v) is 10.5. The molecule has 0 saturated carbocycles. The number of amides is 1. The highest BCUT2D eigenvalue weighted by Crippen LogP contribution is 2.29. The van der Waals surface area contributed by atoms with E-state index in [4.69, 9.17) is 16.3 Å². The predicted octanol–water partition coefficient (Wildman–Crippen LogP) is 4.07. The molecule has 2 N–H and O–H groups in total. The minimum atomic E-state index is -3.71. The van der Waals surface area contributed by atoms with Crippen LogP contribution in [0.2, 0.25) is 5.02 Å². The number of hydrogen-bond acceptors (Lipinski definition) is 4. The Morgan fingerprint density at radius 3 is 2.56 bits per heavy atom. The van der Waals surface area contributed by atoms with Gasteiger partial charge >= 0.3 is 0 Å². The molecule has 0 aliphatic rings. The van der Waals surface area contributed by atoms with Crippen LogP contribution in [0.25, 0.3) is 0 Å². The minimum absolute atomic E-state index is 0.0487. The Kier molecular flexibility index (Phi) is 7.24. The van der Waals surface area contributed by atoms with Gasteiger partial charge in [-0.1, -0.05) is 24.6 Å². The van der Waals surface area contributed by atoms with Crippen molar-refractivity contribution in [2.24, 2.45) is 0 Å². The summed E-state index contributed by atoms with van der Waals surface area (Å²) in [6.45, 7) is 5.85. The van der Waals surface area contributed by atoms with Crippen molar-refractivity contribution >= 4 is 33.2 Å². The fourth-order valence-corrected chi connectivity index (χ4v) is 3.84. The molecule has 0 spiro atoms. The number of nitrogens with one attached hydrogen (secondary N) is 2. The largest absolute Gasteiger partial charge is 0.492 e. The quantitative estimate of drug-likeness (QED) is 0.687. The zero-order valence-electron chi connectivity index (χ0n) is 15.5. The van der Waals surface area contributed by atoms with Gasteiger partial charge in [-0.2, -0.15) is 0 Å². The Bertz CT molecular complexity index is 916. The maximum absolute atomic E-state index is 12.5. The van der Waals surface area contributed by atoms with Crippen molar-refractivity contribution in [3.8, 4) is 5.75 Å². The van der Waals surface area contributed by atoms with Gasteiger partial charge in [-0.05, 0) is 56.7 Å². The van der Waals surface area contributed by atoms with Gasteiger partial charge < -0.3 is 10.1 Å². The van der Waals surface area contributed by atoms with Gasteiger partial charge in [0.15, 0.2) is 0 Å². The van der Waals surface area contributed by atoms with Crippen LogP contribution in [0.3, 0.4) is 0 Å². The van der Waals surface area contributed by atoms with Crippen LogP contribution >= 0.6 is 11.6 Å². The van der Waals surface area contributed by atoms with E-state index in [0.29, 0.717) is 29.4 Å². The normalized spacial score (nSPS) is 12.4. The highest BCUT2D eigenvalue weighted by atomic mass is 35.5. The van der Waals surface area contributed by atoms with Crippen LogP contribution in [-0.4, -0.2) is 27.0 Å². The Labute approximate surface area is 164 Å². The number of anilines is 1. The number of carbonyl (C=O) groups excluding carboxylic acids is 1. The molecule has 2 rings (SSSR count). The zero-order valence-corrected chi connectivity index (χ0v) is 17.0.